The van der Waals surface area contributed by atoms with Gasteiger partial charge in [-0.2, -0.15) is 5.26 Å². The van der Waals surface area contributed by atoms with E-state index >= 15 is 0 Å². The van der Waals surface area contributed by atoms with Crippen molar-refractivity contribution in [3.8, 4) is 6.07 Å². The quantitative estimate of drug-likeness (QED) is 0.753. The number of hydrogen-bond acceptors (Lipinski definition) is 5. The van der Waals surface area contributed by atoms with E-state index in [2.05, 4.69) is 0 Å². The molecule has 0 spiro atoms. The van der Waals surface area contributed by atoms with Crippen LogP contribution in [0.3, 0.4) is 0 Å². The van der Waals surface area contributed by atoms with Crippen LogP contribution in [0.1, 0.15) is 22.3 Å². The summed E-state index contributed by atoms with van der Waals surface area (Å²) in [4.78, 5) is 28.2. The van der Waals surface area contributed by atoms with Crippen molar-refractivity contribution in [3.63, 3.8) is 0 Å². The third kappa shape index (κ3) is 3.82. The van der Waals surface area contributed by atoms with E-state index in [0.29, 0.717) is 43.7 Å². The molecule has 3 rings (SSSR count). The summed E-state index contributed by atoms with van der Waals surface area (Å²) in [6.07, 6.45) is 0.394. The van der Waals surface area contributed by atoms with Gasteiger partial charge in [0.15, 0.2) is 9.84 Å². The van der Waals surface area contributed by atoms with Crippen LogP contribution in [0, 0.1) is 17.2 Å². The Kier molecular flexibility index (Phi) is 4.77. The highest BCUT2D eigenvalue weighted by atomic mass is 32.2. The number of hydrogen-bond donors (Lipinski definition) is 0. The number of nitrogens with zero attached hydrogens (tertiary/aromatic N) is 3. The Balaban J connectivity index is 1.57. The van der Waals surface area contributed by atoms with Crippen molar-refractivity contribution in [1.29, 1.82) is 5.26 Å². The van der Waals surface area contributed by atoms with Crippen molar-refractivity contribution in [2.24, 2.45) is 5.92 Å². The molecule has 2 aliphatic rings. The number of sulfone groups is 1. The van der Waals surface area contributed by atoms with Gasteiger partial charge in [-0.3, -0.25) is 9.59 Å². The molecule has 0 N–H and O–H groups in total. The maximum absolute atomic E-state index is 12.5. The van der Waals surface area contributed by atoms with Crippen LogP contribution >= 0.6 is 0 Å². The van der Waals surface area contributed by atoms with Gasteiger partial charge in [-0.15, -0.1) is 0 Å². The zero-order valence-corrected chi connectivity index (χ0v) is 14.5. The average Bonchev–Trinajstić information content (AvgIpc) is 3.00. The maximum atomic E-state index is 12.5. The Morgan fingerprint density at radius 3 is 2.16 bits per heavy atom. The molecule has 7 nitrogen and oxygen atoms in total. The van der Waals surface area contributed by atoms with Crippen molar-refractivity contribution >= 4 is 21.7 Å². The molecular formula is C17H19N3O4S. The van der Waals surface area contributed by atoms with Gasteiger partial charge in [0.1, 0.15) is 0 Å². The molecule has 2 heterocycles. The second-order valence-corrected chi connectivity index (χ2v) is 8.64. The van der Waals surface area contributed by atoms with Crippen molar-refractivity contribution in [2.45, 2.75) is 6.42 Å². The fraction of sp³-hybridized carbons (Fsp3) is 0.471. The smallest absolute Gasteiger partial charge is 0.253 e. The van der Waals surface area contributed by atoms with Crippen molar-refractivity contribution in [3.05, 3.63) is 35.4 Å². The SMILES string of the molecule is N#Cc1ccc(C(=O)N2CCN(C(=O)[C@H]3CCS(=O)(=O)C3)CC2)cc1. The normalized spacial score (nSPS) is 22.4. The highest BCUT2D eigenvalue weighted by Crippen LogP contribution is 2.21. The standard InChI is InChI=1S/C17H19N3O4S/c18-11-13-1-3-14(4-2-13)16(21)19-6-8-20(9-7-19)17(22)15-5-10-25(23,24)12-15/h1-4,15H,5-10,12H2/t15-/m0/s1. The topological polar surface area (TPSA) is 98.5 Å². The van der Waals surface area contributed by atoms with Crippen LogP contribution in [-0.4, -0.2) is 67.7 Å². The third-order valence-electron chi connectivity index (χ3n) is 4.72. The Bertz CT molecular complexity index is 818. The van der Waals surface area contributed by atoms with Gasteiger partial charge in [0.05, 0.1) is 29.1 Å². The molecule has 0 bridgehead atoms. The second-order valence-electron chi connectivity index (χ2n) is 6.41. The van der Waals surface area contributed by atoms with Crippen LogP contribution in [0.15, 0.2) is 24.3 Å². The van der Waals surface area contributed by atoms with Crippen LogP contribution in [0.2, 0.25) is 0 Å². The molecule has 8 heteroatoms. The molecule has 25 heavy (non-hydrogen) atoms. The van der Waals surface area contributed by atoms with E-state index in [4.69, 9.17) is 5.26 Å². The number of nitriles is 1. The molecule has 0 radical (unpaired) electrons. The van der Waals surface area contributed by atoms with E-state index in [1.54, 1.807) is 34.1 Å². The summed E-state index contributed by atoms with van der Waals surface area (Å²) in [6, 6.07) is 8.47. The minimum Gasteiger partial charge on any atom is -0.339 e. The number of piperazine rings is 1. The molecule has 0 aliphatic carbocycles. The van der Waals surface area contributed by atoms with Crippen LogP contribution in [0.4, 0.5) is 0 Å². The van der Waals surface area contributed by atoms with Gasteiger partial charge in [-0.1, -0.05) is 0 Å². The molecule has 2 saturated heterocycles. The molecule has 2 amide bonds. The summed E-state index contributed by atoms with van der Waals surface area (Å²) >= 11 is 0. The number of carbonyl (C=O) groups is 2. The largest absolute Gasteiger partial charge is 0.339 e. The number of amides is 2. The second kappa shape index (κ2) is 6.84. The van der Waals surface area contributed by atoms with Crippen molar-refractivity contribution in [2.75, 3.05) is 37.7 Å². The number of benzene rings is 1. The van der Waals surface area contributed by atoms with E-state index in [1.807, 2.05) is 6.07 Å². The lowest BCUT2D eigenvalue weighted by Crippen LogP contribution is -2.52. The zero-order chi connectivity index (χ0) is 18.0. The highest BCUT2D eigenvalue weighted by molar-refractivity contribution is 7.91. The van der Waals surface area contributed by atoms with E-state index in [-0.39, 0.29) is 23.3 Å². The average molecular weight is 361 g/mol. The summed E-state index contributed by atoms with van der Waals surface area (Å²) in [5, 5.41) is 8.80. The Hall–Kier alpha value is -2.40. The third-order valence-corrected chi connectivity index (χ3v) is 6.49. The fourth-order valence-corrected chi connectivity index (χ4v) is 4.98. The van der Waals surface area contributed by atoms with Gasteiger partial charge >= 0.3 is 0 Å². The van der Waals surface area contributed by atoms with Crippen LogP contribution in [0.25, 0.3) is 0 Å². The Morgan fingerprint density at radius 2 is 1.64 bits per heavy atom. The van der Waals surface area contributed by atoms with E-state index < -0.39 is 15.8 Å². The minimum absolute atomic E-state index is 0.0593. The lowest BCUT2D eigenvalue weighted by atomic mass is 10.1. The van der Waals surface area contributed by atoms with Gasteiger partial charge in [0, 0.05) is 31.7 Å². The first kappa shape index (κ1) is 17.4. The van der Waals surface area contributed by atoms with Gasteiger partial charge in [-0.25, -0.2) is 8.42 Å². The predicted molar refractivity (Wildman–Crippen MR) is 90.4 cm³/mol. The number of rotatable bonds is 2. The Labute approximate surface area is 146 Å². The van der Waals surface area contributed by atoms with Crippen molar-refractivity contribution < 1.29 is 18.0 Å². The lowest BCUT2D eigenvalue weighted by molar-refractivity contribution is -0.136. The molecule has 2 fully saturated rings. The summed E-state index contributed by atoms with van der Waals surface area (Å²) in [7, 11) is -3.08. The Morgan fingerprint density at radius 1 is 1.04 bits per heavy atom. The maximum Gasteiger partial charge on any atom is 0.253 e. The van der Waals surface area contributed by atoms with E-state index in [9.17, 15) is 18.0 Å². The van der Waals surface area contributed by atoms with E-state index in [1.165, 1.54) is 0 Å². The van der Waals surface area contributed by atoms with Gasteiger partial charge in [0.25, 0.3) is 5.91 Å². The molecule has 0 aromatic heterocycles. The molecule has 1 atom stereocenters. The van der Waals surface area contributed by atoms with Crippen molar-refractivity contribution in [1.82, 2.24) is 9.80 Å². The number of carbonyl (C=O) groups excluding carboxylic acids is 2. The lowest BCUT2D eigenvalue weighted by Gasteiger charge is -2.35. The fourth-order valence-electron chi connectivity index (χ4n) is 3.25. The van der Waals surface area contributed by atoms with Crippen LogP contribution in [-0.2, 0) is 14.6 Å². The first-order chi connectivity index (χ1) is 11.9. The van der Waals surface area contributed by atoms with Gasteiger partial charge in [0.2, 0.25) is 5.91 Å². The molecule has 132 valence electrons. The molecular weight excluding hydrogens is 342 g/mol. The summed E-state index contributed by atoms with van der Waals surface area (Å²) < 4.78 is 23.1. The summed E-state index contributed by atoms with van der Waals surface area (Å²) in [6.45, 7) is 1.67. The molecule has 0 unspecified atom stereocenters. The minimum atomic E-state index is -3.08. The molecule has 2 aliphatic heterocycles. The molecule has 0 saturated carbocycles. The monoisotopic (exact) mass is 361 g/mol. The van der Waals surface area contributed by atoms with Crippen LogP contribution in [0.5, 0.6) is 0 Å². The summed E-state index contributed by atoms with van der Waals surface area (Å²) in [5.74, 6) is -0.658. The highest BCUT2D eigenvalue weighted by Gasteiger charge is 2.36. The van der Waals surface area contributed by atoms with Gasteiger partial charge in [-0.05, 0) is 30.7 Å². The first-order valence-electron chi connectivity index (χ1n) is 8.18. The van der Waals surface area contributed by atoms with Gasteiger partial charge < -0.3 is 9.80 Å². The molecule has 1 aromatic rings. The first-order valence-corrected chi connectivity index (χ1v) is 10.0. The zero-order valence-electron chi connectivity index (χ0n) is 13.7. The van der Waals surface area contributed by atoms with E-state index in [0.717, 1.165) is 0 Å². The van der Waals surface area contributed by atoms with Crippen LogP contribution < -0.4 is 0 Å². The molecule has 1 aromatic carbocycles. The summed E-state index contributed by atoms with van der Waals surface area (Å²) in [5.41, 5.74) is 1.01. The predicted octanol–water partition coefficient (Wildman–Crippen LogP) is 0.277.